The second-order valence-electron chi connectivity index (χ2n) is 4.47. The van der Waals surface area contributed by atoms with Gasteiger partial charge >= 0.3 is 0 Å². The molecule has 1 heteroatoms. The van der Waals surface area contributed by atoms with E-state index in [1.54, 1.807) is 0 Å². The van der Waals surface area contributed by atoms with E-state index in [-0.39, 0.29) is 11.7 Å². The van der Waals surface area contributed by atoms with Gasteiger partial charge in [0.25, 0.3) is 0 Å². The summed E-state index contributed by atoms with van der Waals surface area (Å²) in [6.07, 6.45) is 3.95. The highest BCUT2D eigenvalue weighted by atomic mass is 16.5. The summed E-state index contributed by atoms with van der Waals surface area (Å²) in [6.45, 7) is 10.2. The number of ether oxygens (including phenoxy) is 1. The summed E-state index contributed by atoms with van der Waals surface area (Å²) >= 11 is 0. The van der Waals surface area contributed by atoms with Crippen molar-refractivity contribution in [3.63, 3.8) is 0 Å². The quantitative estimate of drug-likeness (QED) is 0.638. The Balaban J connectivity index is 2.69. The van der Waals surface area contributed by atoms with E-state index in [9.17, 15) is 0 Å². The zero-order valence-corrected chi connectivity index (χ0v) is 10.6. The first-order chi connectivity index (χ1) is 7.61. The topological polar surface area (TPSA) is 9.23 Å². The molecule has 2 atom stereocenters. The largest absolute Gasteiger partial charge is 0.367 e. The fraction of sp³-hybridized carbons (Fsp3) is 0.467. The second-order valence-corrected chi connectivity index (χ2v) is 4.47. The summed E-state index contributed by atoms with van der Waals surface area (Å²) in [5.74, 6) is 0. The number of hydrogen-bond acceptors (Lipinski definition) is 1. The van der Waals surface area contributed by atoms with Crippen molar-refractivity contribution >= 4 is 0 Å². The minimum Gasteiger partial charge on any atom is -0.367 e. The van der Waals surface area contributed by atoms with Gasteiger partial charge in [0.15, 0.2) is 0 Å². The van der Waals surface area contributed by atoms with E-state index in [4.69, 9.17) is 4.74 Å². The van der Waals surface area contributed by atoms with Crippen LogP contribution in [0.3, 0.4) is 0 Å². The van der Waals surface area contributed by atoms with Gasteiger partial charge in [-0.3, -0.25) is 0 Å². The van der Waals surface area contributed by atoms with E-state index in [0.29, 0.717) is 0 Å². The van der Waals surface area contributed by atoms with Crippen molar-refractivity contribution in [3.8, 4) is 0 Å². The molecule has 1 aromatic rings. The monoisotopic (exact) mass is 218 g/mol. The van der Waals surface area contributed by atoms with Gasteiger partial charge in [0.2, 0.25) is 0 Å². The van der Waals surface area contributed by atoms with Crippen molar-refractivity contribution in [2.24, 2.45) is 0 Å². The number of hydrogen-bond donors (Lipinski definition) is 0. The number of benzene rings is 1. The third-order valence-electron chi connectivity index (χ3n) is 3.05. The summed E-state index contributed by atoms with van der Waals surface area (Å²) in [4.78, 5) is 0. The average molecular weight is 218 g/mol. The van der Waals surface area contributed by atoms with E-state index in [2.05, 4.69) is 39.5 Å². The summed E-state index contributed by atoms with van der Waals surface area (Å²) in [5.41, 5.74) is 1.13. The lowest BCUT2D eigenvalue weighted by Crippen LogP contribution is -2.28. The molecule has 88 valence electrons. The fourth-order valence-electron chi connectivity index (χ4n) is 1.80. The van der Waals surface area contributed by atoms with Crippen LogP contribution < -0.4 is 0 Å². The van der Waals surface area contributed by atoms with Crippen molar-refractivity contribution in [1.82, 2.24) is 0 Å². The highest BCUT2D eigenvalue weighted by Crippen LogP contribution is 2.28. The zero-order valence-electron chi connectivity index (χ0n) is 10.6. The zero-order chi connectivity index (χ0) is 12.0. The Morgan fingerprint density at radius 2 is 2.00 bits per heavy atom. The van der Waals surface area contributed by atoms with Gasteiger partial charge in [-0.1, -0.05) is 43.3 Å². The van der Waals surface area contributed by atoms with E-state index in [1.165, 1.54) is 5.56 Å². The lowest BCUT2D eigenvalue weighted by atomic mass is 9.98. The molecule has 0 aliphatic heterocycles. The van der Waals surface area contributed by atoms with Crippen LogP contribution in [0.15, 0.2) is 43.0 Å². The van der Waals surface area contributed by atoms with Gasteiger partial charge in [-0.25, -0.2) is 0 Å². The molecule has 0 aliphatic carbocycles. The summed E-state index contributed by atoms with van der Waals surface area (Å²) in [6, 6.07) is 10.3. The van der Waals surface area contributed by atoms with Crippen LogP contribution >= 0.6 is 0 Å². The van der Waals surface area contributed by atoms with Crippen LogP contribution in [-0.2, 0) is 4.74 Å². The molecule has 0 aliphatic rings. The molecule has 0 amide bonds. The van der Waals surface area contributed by atoms with Crippen molar-refractivity contribution in [2.75, 3.05) is 0 Å². The highest BCUT2D eigenvalue weighted by Gasteiger charge is 2.24. The fourth-order valence-corrected chi connectivity index (χ4v) is 1.80. The lowest BCUT2D eigenvalue weighted by molar-refractivity contribution is -0.0777. The number of rotatable bonds is 6. The molecule has 0 fully saturated rings. The molecule has 0 bridgehead atoms. The minimum atomic E-state index is -0.100. The first kappa shape index (κ1) is 13.0. The van der Waals surface area contributed by atoms with Crippen LogP contribution in [0.1, 0.15) is 45.3 Å². The maximum atomic E-state index is 6.14. The smallest absolute Gasteiger partial charge is 0.0804 e. The molecular weight excluding hydrogens is 196 g/mol. The van der Waals surface area contributed by atoms with E-state index >= 15 is 0 Å². The van der Waals surface area contributed by atoms with Crippen LogP contribution in [0.4, 0.5) is 0 Å². The molecule has 1 rings (SSSR count). The minimum absolute atomic E-state index is 0.100. The van der Waals surface area contributed by atoms with Gasteiger partial charge in [0.05, 0.1) is 11.7 Å². The van der Waals surface area contributed by atoms with Gasteiger partial charge in [-0.05, 0) is 32.3 Å². The van der Waals surface area contributed by atoms with Gasteiger partial charge in [0.1, 0.15) is 0 Å². The van der Waals surface area contributed by atoms with Gasteiger partial charge < -0.3 is 4.74 Å². The molecular formula is C15H22O. The van der Waals surface area contributed by atoms with Crippen LogP contribution in [0.5, 0.6) is 0 Å². The summed E-state index contributed by atoms with van der Waals surface area (Å²) < 4.78 is 6.14. The predicted octanol–water partition coefficient (Wildman–Crippen LogP) is 4.51. The van der Waals surface area contributed by atoms with Gasteiger partial charge in [-0.2, -0.15) is 0 Å². The maximum absolute atomic E-state index is 6.14. The first-order valence-corrected chi connectivity index (χ1v) is 5.95. The van der Waals surface area contributed by atoms with Crippen molar-refractivity contribution in [3.05, 3.63) is 48.6 Å². The molecule has 16 heavy (non-hydrogen) atoms. The van der Waals surface area contributed by atoms with Crippen molar-refractivity contribution in [2.45, 2.75) is 45.3 Å². The predicted molar refractivity (Wildman–Crippen MR) is 69.5 cm³/mol. The van der Waals surface area contributed by atoms with Gasteiger partial charge in [-0.15, -0.1) is 6.58 Å². The van der Waals surface area contributed by atoms with Crippen LogP contribution in [0.25, 0.3) is 0 Å². The Bertz CT molecular complexity index is 317. The second kappa shape index (κ2) is 5.86. The van der Waals surface area contributed by atoms with Crippen molar-refractivity contribution in [1.29, 1.82) is 0 Å². The Kier molecular flexibility index (Phi) is 4.75. The summed E-state index contributed by atoms with van der Waals surface area (Å²) in [5, 5.41) is 0. The molecule has 1 aromatic carbocycles. The Morgan fingerprint density at radius 1 is 1.38 bits per heavy atom. The third kappa shape index (κ3) is 3.49. The van der Waals surface area contributed by atoms with E-state index in [1.807, 2.05) is 24.3 Å². The molecule has 0 N–H and O–H groups in total. The maximum Gasteiger partial charge on any atom is 0.0804 e. The molecule has 0 spiro atoms. The lowest BCUT2D eigenvalue weighted by Gasteiger charge is -2.31. The molecule has 0 aromatic heterocycles. The van der Waals surface area contributed by atoms with Crippen molar-refractivity contribution < 1.29 is 4.74 Å². The third-order valence-corrected chi connectivity index (χ3v) is 3.05. The molecule has 0 unspecified atom stereocenters. The first-order valence-electron chi connectivity index (χ1n) is 5.95. The molecule has 0 radical (unpaired) electrons. The van der Waals surface area contributed by atoms with Crippen LogP contribution in [0, 0.1) is 0 Å². The highest BCUT2D eigenvalue weighted by molar-refractivity contribution is 5.17. The standard InChI is InChI=1S/C15H22O/c1-5-12-15(4,6-2)16-13(3)14-10-8-7-9-11-14/h5,7-11,13H,1,6,12H2,2-4H3/t13-,15-/m0/s1. The van der Waals surface area contributed by atoms with Crippen LogP contribution in [-0.4, -0.2) is 5.60 Å². The normalized spacial score (nSPS) is 16.4. The van der Waals surface area contributed by atoms with Gasteiger partial charge in [0, 0.05) is 0 Å². The Morgan fingerprint density at radius 3 is 2.50 bits per heavy atom. The molecule has 0 saturated heterocycles. The molecule has 0 saturated carbocycles. The van der Waals surface area contributed by atoms with E-state index < -0.39 is 0 Å². The van der Waals surface area contributed by atoms with E-state index in [0.717, 1.165) is 12.8 Å². The summed E-state index contributed by atoms with van der Waals surface area (Å²) in [7, 11) is 0. The Hall–Kier alpha value is -1.08. The molecule has 0 heterocycles. The van der Waals surface area contributed by atoms with Crippen LogP contribution in [0.2, 0.25) is 0 Å². The molecule has 1 nitrogen and oxygen atoms in total. The Labute approximate surface area is 99.1 Å². The average Bonchev–Trinajstić information content (AvgIpc) is 2.30. The SMILES string of the molecule is C=CC[C@](C)(CC)O[C@@H](C)c1ccccc1.